The molecule has 2 aromatic rings. The van der Waals surface area contributed by atoms with Crippen LogP contribution in [0.15, 0.2) is 42.6 Å². The van der Waals surface area contributed by atoms with Crippen molar-refractivity contribution in [2.24, 2.45) is 0 Å². The standard InChI is InChI=1S/C20H20ClF3N4O3/c1-12-18(29)25-8-9-28(12)19(30)27-17(13-2-5-15(21)6-3-13)14-4-7-16(26-10-14)31-11-20(22,23)24/h2-7,10,12,17H,8-9,11H2,1H3,(H,25,29)(H,27,30)/t12-,17-/m1/s1. The van der Waals surface area contributed by atoms with E-state index in [4.69, 9.17) is 11.6 Å². The molecule has 3 rings (SSSR count). The zero-order valence-corrected chi connectivity index (χ0v) is 17.2. The first-order chi connectivity index (χ1) is 14.6. The Morgan fingerprint density at radius 3 is 2.58 bits per heavy atom. The van der Waals surface area contributed by atoms with Crippen molar-refractivity contribution in [3.05, 3.63) is 58.7 Å². The number of urea groups is 1. The molecule has 1 aromatic carbocycles. The smallest absolute Gasteiger partial charge is 0.422 e. The molecule has 2 N–H and O–H groups in total. The summed E-state index contributed by atoms with van der Waals surface area (Å²) in [6, 6.07) is 7.78. The minimum atomic E-state index is -4.47. The zero-order valence-electron chi connectivity index (χ0n) is 16.4. The van der Waals surface area contributed by atoms with Crippen LogP contribution in [0.4, 0.5) is 18.0 Å². The Hall–Kier alpha value is -3.01. The number of hydrogen-bond donors (Lipinski definition) is 2. The highest BCUT2D eigenvalue weighted by atomic mass is 35.5. The maximum Gasteiger partial charge on any atom is 0.422 e. The lowest BCUT2D eigenvalue weighted by molar-refractivity contribution is -0.154. The van der Waals surface area contributed by atoms with Gasteiger partial charge in [-0.1, -0.05) is 23.7 Å². The van der Waals surface area contributed by atoms with E-state index in [1.807, 2.05) is 0 Å². The molecule has 3 amide bonds. The largest absolute Gasteiger partial charge is 0.468 e. The van der Waals surface area contributed by atoms with E-state index in [9.17, 15) is 22.8 Å². The van der Waals surface area contributed by atoms with Crippen LogP contribution in [-0.4, -0.2) is 53.7 Å². The Kier molecular flexibility index (Phi) is 6.89. The van der Waals surface area contributed by atoms with Gasteiger partial charge in [-0.3, -0.25) is 4.79 Å². The van der Waals surface area contributed by atoms with Crippen LogP contribution in [-0.2, 0) is 4.79 Å². The fraction of sp³-hybridized carbons (Fsp3) is 0.350. The van der Waals surface area contributed by atoms with Crippen molar-refractivity contribution < 1.29 is 27.5 Å². The van der Waals surface area contributed by atoms with E-state index in [-0.39, 0.29) is 11.8 Å². The molecular formula is C20H20ClF3N4O3. The number of alkyl halides is 3. The molecule has 2 heterocycles. The Bertz CT molecular complexity index is 923. The fourth-order valence-corrected chi connectivity index (χ4v) is 3.21. The van der Waals surface area contributed by atoms with Gasteiger partial charge in [0, 0.05) is 30.4 Å². The highest BCUT2D eigenvalue weighted by Gasteiger charge is 2.31. The van der Waals surface area contributed by atoms with Crippen LogP contribution in [0.2, 0.25) is 5.02 Å². The highest BCUT2D eigenvalue weighted by Crippen LogP contribution is 2.25. The third kappa shape index (κ3) is 6.00. The van der Waals surface area contributed by atoms with Crippen molar-refractivity contribution in [2.75, 3.05) is 19.7 Å². The number of piperazine rings is 1. The van der Waals surface area contributed by atoms with Crippen molar-refractivity contribution in [1.29, 1.82) is 0 Å². The number of hydrogen-bond acceptors (Lipinski definition) is 4. The summed E-state index contributed by atoms with van der Waals surface area (Å²) in [6.45, 7) is 0.856. The molecule has 0 aliphatic carbocycles. The number of carbonyl (C=O) groups excluding carboxylic acids is 2. The lowest BCUT2D eigenvalue weighted by Gasteiger charge is -2.34. The maximum atomic E-state index is 12.9. The normalized spacial score (nSPS) is 17.6. The summed E-state index contributed by atoms with van der Waals surface area (Å²) >= 11 is 5.96. The number of aromatic nitrogens is 1. The summed E-state index contributed by atoms with van der Waals surface area (Å²) in [6.07, 6.45) is -3.14. The molecule has 0 unspecified atom stereocenters. The lowest BCUT2D eigenvalue weighted by Crippen LogP contribution is -2.58. The van der Waals surface area contributed by atoms with Crippen LogP contribution in [0.25, 0.3) is 0 Å². The molecule has 0 bridgehead atoms. The number of amides is 3. The first-order valence-corrected chi connectivity index (χ1v) is 9.77. The van der Waals surface area contributed by atoms with Crippen molar-refractivity contribution in [3.8, 4) is 5.88 Å². The molecule has 11 heteroatoms. The average molecular weight is 457 g/mol. The van der Waals surface area contributed by atoms with Crippen molar-refractivity contribution in [1.82, 2.24) is 20.5 Å². The lowest BCUT2D eigenvalue weighted by atomic mass is 10.0. The SMILES string of the molecule is C[C@@H]1C(=O)NCCN1C(=O)N[C@H](c1ccc(Cl)cc1)c1ccc(OCC(F)(F)F)nc1. The van der Waals surface area contributed by atoms with Gasteiger partial charge in [-0.15, -0.1) is 0 Å². The van der Waals surface area contributed by atoms with Crippen LogP contribution in [0.1, 0.15) is 24.1 Å². The summed E-state index contributed by atoms with van der Waals surface area (Å²) < 4.78 is 41.6. The molecule has 31 heavy (non-hydrogen) atoms. The Morgan fingerprint density at radius 2 is 1.97 bits per heavy atom. The van der Waals surface area contributed by atoms with Crippen molar-refractivity contribution >= 4 is 23.5 Å². The molecular weight excluding hydrogens is 437 g/mol. The van der Waals surface area contributed by atoms with E-state index < -0.39 is 30.9 Å². The second kappa shape index (κ2) is 9.42. The second-order valence-corrected chi connectivity index (χ2v) is 7.36. The first-order valence-electron chi connectivity index (χ1n) is 9.40. The molecule has 1 aliphatic heterocycles. The molecule has 1 fully saturated rings. The molecule has 1 aromatic heterocycles. The summed E-state index contributed by atoms with van der Waals surface area (Å²) in [5.74, 6) is -0.444. The summed E-state index contributed by atoms with van der Waals surface area (Å²) in [5.41, 5.74) is 1.20. The van der Waals surface area contributed by atoms with Gasteiger partial charge >= 0.3 is 12.2 Å². The zero-order chi connectivity index (χ0) is 22.6. The molecule has 166 valence electrons. The summed E-state index contributed by atoms with van der Waals surface area (Å²) in [4.78, 5) is 30.1. The first kappa shape index (κ1) is 22.7. The molecule has 2 atom stereocenters. The third-order valence-electron chi connectivity index (χ3n) is 4.71. The number of ether oxygens (including phenoxy) is 1. The van der Waals surface area contributed by atoms with E-state index in [1.54, 1.807) is 31.2 Å². The van der Waals surface area contributed by atoms with Crippen LogP contribution >= 0.6 is 11.6 Å². The number of nitrogens with zero attached hydrogens (tertiary/aromatic N) is 2. The minimum Gasteiger partial charge on any atom is -0.468 e. The van der Waals surface area contributed by atoms with Crippen molar-refractivity contribution in [3.63, 3.8) is 0 Å². The van der Waals surface area contributed by atoms with Gasteiger partial charge in [-0.05, 0) is 36.2 Å². The van der Waals surface area contributed by atoms with Gasteiger partial charge in [0.05, 0.1) is 6.04 Å². The van der Waals surface area contributed by atoms with Gasteiger partial charge in [-0.25, -0.2) is 9.78 Å². The number of pyridine rings is 1. The Morgan fingerprint density at radius 1 is 1.29 bits per heavy atom. The maximum absolute atomic E-state index is 12.9. The van der Waals surface area contributed by atoms with E-state index in [0.717, 1.165) is 0 Å². The summed E-state index contributed by atoms with van der Waals surface area (Å²) in [5, 5.41) is 6.06. The van der Waals surface area contributed by atoms with E-state index in [1.165, 1.54) is 23.2 Å². The number of benzene rings is 1. The van der Waals surface area contributed by atoms with Gasteiger partial charge in [0.25, 0.3) is 0 Å². The fourth-order valence-electron chi connectivity index (χ4n) is 3.08. The topological polar surface area (TPSA) is 83.6 Å². The van der Waals surface area contributed by atoms with E-state index in [2.05, 4.69) is 20.4 Å². The Balaban J connectivity index is 1.82. The van der Waals surface area contributed by atoms with Gasteiger partial charge in [0.1, 0.15) is 6.04 Å². The number of nitrogens with one attached hydrogen (secondary N) is 2. The number of carbonyl (C=O) groups is 2. The highest BCUT2D eigenvalue weighted by molar-refractivity contribution is 6.30. The van der Waals surface area contributed by atoms with Gasteiger partial charge in [0.2, 0.25) is 11.8 Å². The molecule has 0 spiro atoms. The van der Waals surface area contributed by atoms with Crippen molar-refractivity contribution in [2.45, 2.75) is 25.2 Å². The molecule has 1 aliphatic rings. The molecule has 7 nitrogen and oxygen atoms in total. The molecule has 1 saturated heterocycles. The Labute approximate surface area is 181 Å². The summed E-state index contributed by atoms with van der Waals surface area (Å²) in [7, 11) is 0. The molecule has 0 saturated carbocycles. The predicted molar refractivity (Wildman–Crippen MR) is 107 cm³/mol. The van der Waals surface area contributed by atoms with Crippen LogP contribution in [0.3, 0.4) is 0 Å². The van der Waals surface area contributed by atoms with E-state index in [0.29, 0.717) is 29.2 Å². The van der Waals surface area contributed by atoms with E-state index >= 15 is 0 Å². The van der Waals surface area contributed by atoms with Gasteiger partial charge < -0.3 is 20.3 Å². The number of rotatable bonds is 5. The minimum absolute atomic E-state index is 0.191. The van der Waals surface area contributed by atoms with Gasteiger partial charge in [-0.2, -0.15) is 13.2 Å². The monoisotopic (exact) mass is 456 g/mol. The average Bonchev–Trinajstić information content (AvgIpc) is 2.73. The second-order valence-electron chi connectivity index (χ2n) is 6.93. The van der Waals surface area contributed by atoms with Crippen LogP contribution < -0.4 is 15.4 Å². The van der Waals surface area contributed by atoms with Crippen LogP contribution in [0.5, 0.6) is 5.88 Å². The quantitative estimate of drug-likeness (QED) is 0.723. The number of halogens is 4. The predicted octanol–water partition coefficient (Wildman–Crippen LogP) is 3.30. The van der Waals surface area contributed by atoms with Gasteiger partial charge in [0.15, 0.2) is 6.61 Å². The third-order valence-corrected chi connectivity index (χ3v) is 4.96. The molecule has 0 radical (unpaired) electrons. The van der Waals surface area contributed by atoms with Crippen LogP contribution in [0, 0.1) is 0 Å².